The van der Waals surface area contributed by atoms with Crippen LogP contribution in [0.5, 0.6) is 5.75 Å². The van der Waals surface area contributed by atoms with Crippen LogP contribution in [0.1, 0.15) is 52.5 Å². The van der Waals surface area contributed by atoms with Crippen LogP contribution < -0.4 is 15.8 Å². The molecule has 0 spiro atoms. The maximum Gasteiger partial charge on any atom is 0.405 e. The Balaban J connectivity index is 0.000000712. The summed E-state index contributed by atoms with van der Waals surface area (Å²) in [6.07, 6.45) is 0.478. The minimum absolute atomic E-state index is 0.358. The van der Waals surface area contributed by atoms with Gasteiger partial charge in [-0.2, -0.15) is 0 Å². The van der Waals surface area contributed by atoms with Crippen molar-refractivity contribution in [1.82, 2.24) is 10.2 Å². The average Bonchev–Trinajstić information content (AvgIpc) is 3.08. The number of aromatic nitrogens is 2. The molecular weight excluding hydrogens is 388 g/mol. The standard InChI is InChI=1S/C14H17N3O3.C5H11NO2.C2H6/c1-9-7-13(19-6-4-5-18)12(15-3)8-11(9)14-17-16-10(2)20-14;1-5(2,3)8-4(6)7;1-2/h5,7-8,15H,4,6H2,1-3H3;1-3H3,(H2,6,7);1-2H3. The van der Waals surface area contributed by atoms with Gasteiger partial charge in [-0.3, -0.25) is 0 Å². The molecule has 9 heteroatoms. The third-order valence-corrected chi connectivity index (χ3v) is 3.25. The number of nitrogens with one attached hydrogen (secondary N) is 1. The van der Waals surface area contributed by atoms with E-state index in [9.17, 15) is 9.59 Å². The van der Waals surface area contributed by atoms with E-state index in [4.69, 9.17) is 14.9 Å². The second-order valence-corrected chi connectivity index (χ2v) is 6.88. The van der Waals surface area contributed by atoms with Gasteiger partial charge in [-0.15, -0.1) is 10.2 Å². The van der Waals surface area contributed by atoms with Gasteiger partial charge in [0.2, 0.25) is 11.8 Å². The summed E-state index contributed by atoms with van der Waals surface area (Å²) >= 11 is 0. The summed E-state index contributed by atoms with van der Waals surface area (Å²) in [5, 5.41) is 10.9. The fraction of sp³-hybridized carbons (Fsp3) is 0.524. The topological polar surface area (TPSA) is 130 Å². The van der Waals surface area contributed by atoms with Crippen LogP contribution in [0.3, 0.4) is 0 Å². The second-order valence-electron chi connectivity index (χ2n) is 6.88. The fourth-order valence-corrected chi connectivity index (χ4v) is 2.15. The number of aryl methyl sites for hydroxylation is 2. The number of hydrogen-bond donors (Lipinski definition) is 2. The molecule has 1 heterocycles. The van der Waals surface area contributed by atoms with E-state index in [1.165, 1.54) is 0 Å². The number of aldehydes is 1. The highest BCUT2D eigenvalue weighted by Gasteiger charge is 2.14. The smallest absolute Gasteiger partial charge is 0.405 e. The van der Waals surface area contributed by atoms with Gasteiger partial charge >= 0.3 is 6.09 Å². The average molecular weight is 423 g/mol. The van der Waals surface area contributed by atoms with E-state index in [2.05, 4.69) is 20.3 Å². The third-order valence-electron chi connectivity index (χ3n) is 3.25. The largest absolute Gasteiger partial charge is 0.491 e. The summed E-state index contributed by atoms with van der Waals surface area (Å²) < 4.78 is 15.6. The molecule has 0 saturated carbocycles. The van der Waals surface area contributed by atoms with E-state index >= 15 is 0 Å². The predicted molar refractivity (Wildman–Crippen MR) is 117 cm³/mol. The Morgan fingerprint density at radius 1 is 1.23 bits per heavy atom. The molecule has 168 valence electrons. The van der Waals surface area contributed by atoms with Gasteiger partial charge < -0.3 is 29.7 Å². The summed E-state index contributed by atoms with van der Waals surface area (Å²) in [5.41, 5.74) is 6.90. The van der Waals surface area contributed by atoms with Gasteiger partial charge in [-0.1, -0.05) is 13.8 Å². The van der Waals surface area contributed by atoms with Gasteiger partial charge in [-0.25, -0.2) is 4.79 Å². The van der Waals surface area contributed by atoms with Crippen molar-refractivity contribution in [3.63, 3.8) is 0 Å². The maximum atomic E-state index is 10.3. The molecule has 0 unspecified atom stereocenters. The summed E-state index contributed by atoms with van der Waals surface area (Å²) in [7, 11) is 1.81. The van der Waals surface area contributed by atoms with E-state index < -0.39 is 11.7 Å². The van der Waals surface area contributed by atoms with Crippen LogP contribution in [0.15, 0.2) is 16.5 Å². The molecule has 0 radical (unpaired) electrons. The van der Waals surface area contributed by atoms with Crippen molar-refractivity contribution in [2.75, 3.05) is 19.0 Å². The molecule has 1 aromatic carbocycles. The molecule has 0 aliphatic rings. The van der Waals surface area contributed by atoms with Crippen LogP contribution in [0, 0.1) is 13.8 Å². The van der Waals surface area contributed by atoms with Crippen LogP contribution in [0.4, 0.5) is 10.5 Å². The number of amides is 1. The SMILES string of the molecule is CC.CC(C)(C)OC(N)=O.CNc1cc(-c2nnc(C)o2)c(C)cc1OCCC=O. The lowest BCUT2D eigenvalue weighted by Crippen LogP contribution is -2.27. The van der Waals surface area contributed by atoms with Crippen LogP contribution >= 0.6 is 0 Å². The number of benzene rings is 1. The van der Waals surface area contributed by atoms with Gasteiger partial charge in [0.25, 0.3) is 0 Å². The first kappa shape index (κ1) is 26.9. The molecule has 0 saturated heterocycles. The number of anilines is 1. The molecule has 2 aromatic rings. The zero-order chi connectivity index (χ0) is 23.3. The lowest BCUT2D eigenvalue weighted by Gasteiger charge is -2.16. The summed E-state index contributed by atoms with van der Waals surface area (Å²) in [6.45, 7) is 13.3. The van der Waals surface area contributed by atoms with Gasteiger partial charge in [0.15, 0.2) is 0 Å². The number of nitrogens with zero attached hydrogens (tertiary/aromatic N) is 2. The predicted octanol–water partition coefficient (Wildman–Crippen LogP) is 4.27. The Kier molecular flexibility index (Phi) is 11.8. The van der Waals surface area contributed by atoms with Crippen molar-refractivity contribution in [2.45, 2.75) is 60.5 Å². The first-order valence-electron chi connectivity index (χ1n) is 9.75. The van der Waals surface area contributed by atoms with Crippen LogP contribution in [-0.4, -0.2) is 41.8 Å². The highest BCUT2D eigenvalue weighted by molar-refractivity contribution is 5.70. The first-order valence-corrected chi connectivity index (χ1v) is 9.75. The van der Waals surface area contributed by atoms with Gasteiger partial charge in [0, 0.05) is 26.0 Å². The van der Waals surface area contributed by atoms with E-state index in [1.54, 1.807) is 34.7 Å². The Morgan fingerprint density at radius 3 is 2.27 bits per heavy atom. The molecule has 9 nitrogen and oxygen atoms in total. The van der Waals surface area contributed by atoms with E-state index in [0.29, 0.717) is 30.6 Å². The molecule has 2 rings (SSSR count). The number of ether oxygens (including phenoxy) is 2. The van der Waals surface area contributed by atoms with Gasteiger partial charge in [-0.05, 0) is 45.4 Å². The molecule has 0 aliphatic heterocycles. The summed E-state index contributed by atoms with van der Waals surface area (Å²) in [6, 6.07) is 3.80. The van der Waals surface area contributed by atoms with E-state index in [0.717, 1.165) is 23.1 Å². The highest BCUT2D eigenvalue weighted by Crippen LogP contribution is 2.33. The molecular formula is C21H34N4O5. The molecule has 1 amide bonds. The fourth-order valence-electron chi connectivity index (χ4n) is 2.15. The molecule has 1 aromatic heterocycles. The Labute approximate surface area is 178 Å². The normalized spacial score (nSPS) is 10.0. The lowest BCUT2D eigenvalue weighted by atomic mass is 10.1. The number of carbonyl (C=O) groups is 2. The lowest BCUT2D eigenvalue weighted by molar-refractivity contribution is -0.108. The van der Waals surface area contributed by atoms with Crippen molar-refractivity contribution in [3.8, 4) is 17.2 Å². The molecule has 0 bridgehead atoms. The van der Waals surface area contributed by atoms with Crippen molar-refractivity contribution < 1.29 is 23.5 Å². The number of hydrogen-bond acceptors (Lipinski definition) is 8. The molecule has 0 aliphatic carbocycles. The Morgan fingerprint density at radius 2 is 1.87 bits per heavy atom. The monoisotopic (exact) mass is 422 g/mol. The minimum Gasteiger partial charge on any atom is -0.491 e. The van der Waals surface area contributed by atoms with Crippen LogP contribution in [0.25, 0.3) is 11.5 Å². The molecule has 30 heavy (non-hydrogen) atoms. The van der Waals surface area contributed by atoms with Gasteiger partial charge in [0.05, 0.1) is 12.3 Å². The Hall–Kier alpha value is -3.10. The molecule has 0 fully saturated rings. The molecule has 0 atom stereocenters. The quantitative estimate of drug-likeness (QED) is 0.521. The van der Waals surface area contributed by atoms with Crippen molar-refractivity contribution in [2.24, 2.45) is 5.73 Å². The van der Waals surface area contributed by atoms with Crippen LogP contribution in [-0.2, 0) is 9.53 Å². The number of primary amides is 1. The van der Waals surface area contributed by atoms with E-state index in [-0.39, 0.29) is 0 Å². The van der Waals surface area contributed by atoms with Crippen molar-refractivity contribution in [1.29, 1.82) is 0 Å². The number of nitrogens with two attached hydrogens (primary N) is 1. The van der Waals surface area contributed by atoms with Crippen molar-refractivity contribution in [3.05, 3.63) is 23.6 Å². The zero-order valence-electron chi connectivity index (χ0n) is 19.2. The summed E-state index contributed by atoms with van der Waals surface area (Å²) in [4.78, 5) is 20.3. The van der Waals surface area contributed by atoms with Gasteiger partial charge in [0.1, 0.15) is 17.6 Å². The third kappa shape index (κ3) is 9.90. The van der Waals surface area contributed by atoms with Crippen molar-refractivity contribution >= 4 is 18.1 Å². The number of rotatable bonds is 6. The number of carbonyl (C=O) groups excluding carboxylic acids is 2. The van der Waals surface area contributed by atoms with E-state index in [1.807, 2.05) is 32.9 Å². The molecule has 3 N–H and O–H groups in total. The van der Waals surface area contributed by atoms with Crippen LogP contribution in [0.2, 0.25) is 0 Å². The highest BCUT2D eigenvalue weighted by atomic mass is 16.6. The zero-order valence-corrected chi connectivity index (χ0v) is 19.2. The first-order chi connectivity index (χ1) is 14.1. The maximum absolute atomic E-state index is 10.3. The summed E-state index contributed by atoms with van der Waals surface area (Å²) in [5.74, 6) is 1.71. The minimum atomic E-state index is -0.725. The Bertz CT molecular complexity index is 797. The second kappa shape index (κ2) is 13.2.